The first-order valence-corrected chi connectivity index (χ1v) is 11.7. The number of unbranched alkanes of at least 4 members (excludes halogenated alkanes) is 11. The molecule has 0 bridgehead atoms. The lowest BCUT2D eigenvalue weighted by atomic mass is 9.68. The topological polar surface area (TPSA) is 49.8 Å². The summed E-state index contributed by atoms with van der Waals surface area (Å²) in [5.41, 5.74) is 1.33. The van der Waals surface area contributed by atoms with Crippen LogP contribution in [0.25, 0.3) is 0 Å². The third-order valence-electron chi connectivity index (χ3n) is 6.79. The summed E-state index contributed by atoms with van der Waals surface area (Å²) in [5.74, 6) is -0.681. The molecule has 1 N–H and O–H groups in total. The minimum absolute atomic E-state index is 0.121. The van der Waals surface area contributed by atoms with Crippen molar-refractivity contribution in [2.45, 2.75) is 129 Å². The van der Waals surface area contributed by atoms with Gasteiger partial charge in [0.25, 0.3) is 0 Å². The third kappa shape index (κ3) is 7.25. The van der Waals surface area contributed by atoms with Crippen LogP contribution in [0, 0.1) is 5.41 Å². The monoisotopic (exact) mass is 378 g/mol. The van der Waals surface area contributed by atoms with Crippen molar-refractivity contribution in [1.82, 2.24) is 0 Å². The van der Waals surface area contributed by atoms with E-state index in [4.69, 9.17) is 4.74 Å². The summed E-state index contributed by atoms with van der Waals surface area (Å²) >= 11 is 0. The summed E-state index contributed by atoms with van der Waals surface area (Å²) in [4.78, 5) is 11.2. The summed E-state index contributed by atoms with van der Waals surface area (Å²) in [6, 6.07) is 0. The highest BCUT2D eigenvalue weighted by Gasteiger charge is 2.58. The second-order valence-corrected chi connectivity index (χ2v) is 8.87. The zero-order chi connectivity index (χ0) is 19.5. The number of hydrogen-bond donors (Lipinski definition) is 1. The maximum atomic E-state index is 11.2. The Kier molecular flexibility index (Phi) is 9.89. The standard InChI is InChI=1S/C24H42O3/c1-3-5-6-7-8-9-10-11-12-13-14-15-16-20-17-18-24(4-2,19-21(25)26)23-22(20)27-23/h16,22-23H,3-15,17-19H2,1-2H3,(H,25,26)/t22-,23-,24-/m0/s1. The van der Waals surface area contributed by atoms with Gasteiger partial charge in [0.05, 0.1) is 12.5 Å². The van der Waals surface area contributed by atoms with Crippen LogP contribution in [0.2, 0.25) is 0 Å². The zero-order valence-electron chi connectivity index (χ0n) is 17.8. The summed E-state index contributed by atoms with van der Waals surface area (Å²) in [6.45, 7) is 4.39. The lowest BCUT2D eigenvalue weighted by molar-refractivity contribution is -0.140. The predicted octanol–water partition coefficient (Wildman–Crippen LogP) is 7.05. The average molecular weight is 379 g/mol. The number of carbonyl (C=O) groups is 1. The van der Waals surface area contributed by atoms with E-state index in [0.717, 1.165) is 25.7 Å². The van der Waals surface area contributed by atoms with Crippen LogP contribution in [0.5, 0.6) is 0 Å². The van der Waals surface area contributed by atoms with Crippen LogP contribution in [-0.2, 0) is 9.53 Å². The number of carboxylic acid groups (broad SMARTS) is 1. The highest BCUT2D eigenvalue weighted by atomic mass is 16.6. The Morgan fingerprint density at radius 3 is 2.19 bits per heavy atom. The molecular weight excluding hydrogens is 336 g/mol. The first kappa shape index (κ1) is 22.5. The van der Waals surface area contributed by atoms with Gasteiger partial charge in [-0.1, -0.05) is 84.1 Å². The van der Waals surface area contributed by atoms with E-state index in [1.165, 1.54) is 76.2 Å². The highest BCUT2D eigenvalue weighted by molar-refractivity contribution is 5.68. The zero-order valence-corrected chi connectivity index (χ0v) is 17.8. The fourth-order valence-electron chi connectivity index (χ4n) is 4.85. The molecule has 1 saturated heterocycles. The number of epoxide rings is 1. The maximum absolute atomic E-state index is 11.2. The lowest BCUT2D eigenvalue weighted by Crippen LogP contribution is -2.34. The van der Waals surface area contributed by atoms with Crippen molar-refractivity contribution in [3.63, 3.8) is 0 Å². The fourth-order valence-corrected chi connectivity index (χ4v) is 4.85. The molecule has 1 heterocycles. The molecule has 0 spiro atoms. The van der Waals surface area contributed by atoms with E-state index in [9.17, 15) is 9.90 Å². The van der Waals surface area contributed by atoms with E-state index in [-0.39, 0.29) is 24.0 Å². The van der Waals surface area contributed by atoms with Gasteiger partial charge in [-0.3, -0.25) is 4.79 Å². The third-order valence-corrected chi connectivity index (χ3v) is 6.79. The minimum atomic E-state index is -0.681. The lowest BCUT2D eigenvalue weighted by Gasteiger charge is -2.33. The average Bonchev–Trinajstić information content (AvgIpc) is 3.45. The van der Waals surface area contributed by atoms with Crippen molar-refractivity contribution in [3.8, 4) is 0 Å². The van der Waals surface area contributed by atoms with Crippen molar-refractivity contribution in [2.24, 2.45) is 5.41 Å². The molecule has 0 aromatic rings. The van der Waals surface area contributed by atoms with E-state index in [1.807, 2.05) is 0 Å². The van der Waals surface area contributed by atoms with Crippen LogP contribution in [0.3, 0.4) is 0 Å². The molecule has 3 atom stereocenters. The van der Waals surface area contributed by atoms with E-state index in [0.29, 0.717) is 0 Å². The Bertz CT molecular complexity index is 470. The van der Waals surface area contributed by atoms with Crippen molar-refractivity contribution in [3.05, 3.63) is 11.6 Å². The summed E-state index contributed by atoms with van der Waals surface area (Å²) < 4.78 is 5.92. The van der Waals surface area contributed by atoms with Crippen LogP contribution in [0.4, 0.5) is 0 Å². The summed E-state index contributed by atoms with van der Waals surface area (Å²) in [6.07, 6.45) is 22.4. The molecule has 0 amide bonds. The number of carboxylic acids is 1. The van der Waals surface area contributed by atoms with Crippen molar-refractivity contribution in [1.29, 1.82) is 0 Å². The van der Waals surface area contributed by atoms with Crippen LogP contribution in [0.1, 0.15) is 117 Å². The van der Waals surface area contributed by atoms with Gasteiger partial charge in [0.2, 0.25) is 0 Å². The Hall–Kier alpha value is -0.830. The number of hydrogen-bond acceptors (Lipinski definition) is 2. The van der Waals surface area contributed by atoms with Gasteiger partial charge in [-0.15, -0.1) is 0 Å². The van der Waals surface area contributed by atoms with Crippen LogP contribution in [-0.4, -0.2) is 23.3 Å². The number of aliphatic carboxylic acids is 1. The number of allylic oxidation sites excluding steroid dienone is 1. The first-order valence-electron chi connectivity index (χ1n) is 11.7. The molecule has 2 aliphatic rings. The van der Waals surface area contributed by atoms with Gasteiger partial charge in [-0.25, -0.2) is 0 Å². The Morgan fingerprint density at radius 2 is 1.63 bits per heavy atom. The molecule has 0 unspecified atom stereocenters. The van der Waals surface area contributed by atoms with Crippen LogP contribution < -0.4 is 0 Å². The van der Waals surface area contributed by atoms with E-state index in [2.05, 4.69) is 19.9 Å². The van der Waals surface area contributed by atoms with Gasteiger partial charge >= 0.3 is 5.97 Å². The molecule has 3 nitrogen and oxygen atoms in total. The van der Waals surface area contributed by atoms with Crippen molar-refractivity contribution >= 4 is 5.97 Å². The SMILES string of the molecule is CCCCCCCCCCCCCC=C1CC[C@@](CC)(CC(=O)O)[C@H]2O[C@@H]12. The minimum Gasteiger partial charge on any atom is -0.481 e. The number of ether oxygens (including phenoxy) is 1. The Balaban J connectivity index is 1.52. The second-order valence-electron chi connectivity index (χ2n) is 8.87. The molecule has 0 aromatic heterocycles. The predicted molar refractivity (Wildman–Crippen MR) is 112 cm³/mol. The van der Waals surface area contributed by atoms with Crippen molar-refractivity contribution in [2.75, 3.05) is 0 Å². The highest BCUT2D eigenvalue weighted by Crippen LogP contribution is 2.54. The van der Waals surface area contributed by atoms with Gasteiger partial charge in [-0.2, -0.15) is 0 Å². The molecule has 1 aliphatic heterocycles. The largest absolute Gasteiger partial charge is 0.481 e. The molecule has 2 rings (SSSR count). The molecule has 3 heteroatoms. The quantitative estimate of drug-likeness (QED) is 0.189. The van der Waals surface area contributed by atoms with Gasteiger partial charge in [-0.05, 0) is 37.7 Å². The normalized spacial score (nSPS) is 28.3. The van der Waals surface area contributed by atoms with Gasteiger partial charge in [0, 0.05) is 5.41 Å². The number of rotatable bonds is 15. The molecule has 1 saturated carbocycles. The molecule has 1 aliphatic carbocycles. The molecule has 27 heavy (non-hydrogen) atoms. The van der Waals surface area contributed by atoms with Crippen LogP contribution >= 0.6 is 0 Å². The molecule has 2 fully saturated rings. The molecular formula is C24H42O3. The van der Waals surface area contributed by atoms with E-state index >= 15 is 0 Å². The number of fused-ring (bicyclic) bond motifs is 1. The molecule has 156 valence electrons. The Morgan fingerprint density at radius 1 is 1.04 bits per heavy atom. The summed E-state index contributed by atoms with van der Waals surface area (Å²) in [7, 11) is 0. The summed E-state index contributed by atoms with van der Waals surface area (Å²) in [5, 5.41) is 9.22. The fraction of sp³-hybridized carbons (Fsp3) is 0.875. The first-order chi connectivity index (χ1) is 13.1. The van der Waals surface area contributed by atoms with Gasteiger partial charge in [0.1, 0.15) is 6.10 Å². The van der Waals surface area contributed by atoms with Crippen molar-refractivity contribution < 1.29 is 14.6 Å². The van der Waals surface area contributed by atoms with Crippen LogP contribution in [0.15, 0.2) is 11.6 Å². The Labute approximate surface area is 167 Å². The molecule has 0 radical (unpaired) electrons. The smallest absolute Gasteiger partial charge is 0.304 e. The van der Waals surface area contributed by atoms with Gasteiger partial charge < -0.3 is 9.84 Å². The second kappa shape index (κ2) is 11.9. The van der Waals surface area contributed by atoms with Gasteiger partial charge in [0.15, 0.2) is 0 Å². The maximum Gasteiger partial charge on any atom is 0.304 e. The van der Waals surface area contributed by atoms with E-state index in [1.54, 1.807) is 0 Å². The van der Waals surface area contributed by atoms with E-state index < -0.39 is 5.97 Å². The molecule has 0 aromatic carbocycles.